The molecule has 1 saturated carbocycles. The predicted octanol–water partition coefficient (Wildman–Crippen LogP) is 2.24. The summed E-state index contributed by atoms with van der Waals surface area (Å²) in [7, 11) is 0. The maximum Gasteiger partial charge on any atom is 0.318 e. The summed E-state index contributed by atoms with van der Waals surface area (Å²) in [5, 5.41) is 13.4. The number of alkyl halides is 2. The van der Waals surface area contributed by atoms with Crippen LogP contribution in [0.3, 0.4) is 0 Å². The van der Waals surface area contributed by atoms with E-state index in [9.17, 15) is 18.4 Å². The molecule has 2 fully saturated rings. The molecule has 0 unspecified atom stereocenters. The van der Waals surface area contributed by atoms with Gasteiger partial charge in [0.25, 0.3) is 5.92 Å². The number of aromatic nitrogens is 1. The summed E-state index contributed by atoms with van der Waals surface area (Å²) in [6, 6.07) is 2.88. The molecule has 0 aromatic carbocycles. The van der Waals surface area contributed by atoms with Gasteiger partial charge in [-0.1, -0.05) is 6.07 Å². The maximum atomic E-state index is 14.6. The van der Waals surface area contributed by atoms with E-state index in [2.05, 4.69) is 15.6 Å². The van der Waals surface area contributed by atoms with Crippen LogP contribution in [-0.2, 0) is 11.2 Å². The Morgan fingerprint density at radius 3 is 2.62 bits per heavy atom. The first kappa shape index (κ1) is 21.0. The van der Waals surface area contributed by atoms with E-state index in [4.69, 9.17) is 5.26 Å². The number of hydrogen-bond donors (Lipinski definition) is 2. The zero-order valence-corrected chi connectivity index (χ0v) is 16.2. The SMILES string of the molecule is N#CCNC(=O)[C@H](CC(F)(F)Cc1cccnc1)NC(=O)N1CCC2(CC1)CC2. The van der Waals surface area contributed by atoms with Crippen LogP contribution in [0.15, 0.2) is 24.5 Å². The number of hydrogen-bond acceptors (Lipinski definition) is 4. The minimum atomic E-state index is -3.23. The van der Waals surface area contributed by atoms with Gasteiger partial charge >= 0.3 is 6.03 Å². The average molecular weight is 405 g/mol. The monoisotopic (exact) mass is 405 g/mol. The Kier molecular flexibility index (Phi) is 6.30. The normalized spacial score (nSPS) is 18.6. The number of carbonyl (C=O) groups excluding carboxylic acids is 2. The Morgan fingerprint density at radius 1 is 1.31 bits per heavy atom. The molecule has 156 valence electrons. The summed E-state index contributed by atoms with van der Waals surface area (Å²) < 4.78 is 29.2. The van der Waals surface area contributed by atoms with Crippen molar-refractivity contribution in [3.8, 4) is 6.07 Å². The number of rotatable bonds is 7. The fourth-order valence-corrected chi connectivity index (χ4v) is 3.73. The second kappa shape index (κ2) is 8.72. The molecule has 0 radical (unpaired) electrons. The number of nitrogens with one attached hydrogen (secondary N) is 2. The fourth-order valence-electron chi connectivity index (χ4n) is 3.73. The van der Waals surface area contributed by atoms with Crippen LogP contribution in [0, 0.1) is 16.7 Å². The highest BCUT2D eigenvalue weighted by Gasteiger charge is 2.45. The summed E-state index contributed by atoms with van der Waals surface area (Å²) in [6.45, 7) is 0.806. The second-order valence-electron chi connectivity index (χ2n) is 7.96. The van der Waals surface area contributed by atoms with E-state index in [1.165, 1.54) is 31.3 Å². The smallest absolute Gasteiger partial charge is 0.318 e. The summed E-state index contributed by atoms with van der Waals surface area (Å²) in [4.78, 5) is 30.3. The Labute approximate surface area is 168 Å². The topological polar surface area (TPSA) is 98.1 Å². The number of likely N-dealkylation sites (tertiary alicyclic amines) is 1. The van der Waals surface area contributed by atoms with Gasteiger partial charge in [0.2, 0.25) is 5.91 Å². The highest BCUT2D eigenvalue weighted by Crippen LogP contribution is 2.53. The van der Waals surface area contributed by atoms with E-state index in [1.807, 2.05) is 0 Å². The Morgan fingerprint density at radius 2 is 2.03 bits per heavy atom. The van der Waals surface area contributed by atoms with Crippen molar-refractivity contribution >= 4 is 11.9 Å². The number of nitrogens with zero attached hydrogens (tertiary/aromatic N) is 3. The van der Waals surface area contributed by atoms with E-state index in [0.717, 1.165) is 12.8 Å². The third-order valence-electron chi connectivity index (χ3n) is 5.71. The van der Waals surface area contributed by atoms with Gasteiger partial charge in [-0.2, -0.15) is 5.26 Å². The van der Waals surface area contributed by atoms with Crippen LogP contribution in [0.5, 0.6) is 0 Å². The number of carbonyl (C=O) groups is 2. The predicted molar refractivity (Wildman–Crippen MR) is 101 cm³/mol. The number of pyridine rings is 1. The van der Waals surface area contributed by atoms with Crippen LogP contribution in [0.25, 0.3) is 0 Å². The summed E-state index contributed by atoms with van der Waals surface area (Å²) >= 11 is 0. The van der Waals surface area contributed by atoms with Crippen molar-refractivity contribution in [1.29, 1.82) is 5.26 Å². The highest BCUT2D eigenvalue weighted by atomic mass is 19.3. The largest absolute Gasteiger partial charge is 0.341 e. The molecule has 1 aliphatic heterocycles. The molecule has 3 amide bonds. The van der Waals surface area contributed by atoms with Crippen molar-refractivity contribution in [3.63, 3.8) is 0 Å². The molecule has 2 heterocycles. The zero-order chi connectivity index (χ0) is 20.9. The average Bonchev–Trinajstić information content (AvgIpc) is 3.45. The standard InChI is InChI=1S/C20H25F2N5O2/c21-20(22,12-15-2-1-8-24-14-15)13-16(17(28)25-9-7-23)26-18(29)27-10-5-19(3-4-19)6-11-27/h1-2,8,14,16H,3-6,9-13H2,(H,25,28)(H,26,29)/t16-/m0/s1. The van der Waals surface area contributed by atoms with Gasteiger partial charge in [-0.05, 0) is 42.7 Å². The van der Waals surface area contributed by atoms with Gasteiger partial charge in [0.1, 0.15) is 12.6 Å². The van der Waals surface area contributed by atoms with E-state index in [-0.39, 0.29) is 6.54 Å². The van der Waals surface area contributed by atoms with Crippen molar-refractivity contribution in [2.75, 3.05) is 19.6 Å². The van der Waals surface area contributed by atoms with Crippen molar-refractivity contribution in [1.82, 2.24) is 20.5 Å². The number of halogens is 2. The molecule has 1 aromatic heterocycles. The molecule has 7 nitrogen and oxygen atoms in total. The zero-order valence-electron chi connectivity index (χ0n) is 16.2. The van der Waals surface area contributed by atoms with Crippen LogP contribution >= 0.6 is 0 Å². The third kappa shape index (κ3) is 5.86. The van der Waals surface area contributed by atoms with Crippen LogP contribution in [0.4, 0.5) is 13.6 Å². The van der Waals surface area contributed by atoms with Gasteiger partial charge in [-0.3, -0.25) is 9.78 Å². The number of piperidine rings is 1. The molecule has 9 heteroatoms. The lowest BCUT2D eigenvalue weighted by Gasteiger charge is -2.33. The number of urea groups is 1. The van der Waals surface area contributed by atoms with E-state index >= 15 is 0 Å². The molecular formula is C20H25F2N5O2. The molecule has 1 atom stereocenters. The first-order valence-electron chi connectivity index (χ1n) is 9.79. The molecular weight excluding hydrogens is 380 g/mol. The Hall–Kier alpha value is -2.76. The molecule has 3 rings (SSSR count). The van der Waals surface area contributed by atoms with Crippen LogP contribution in [-0.4, -0.2) is 53.4 Å². The first-order valence-corrected chi connectivity index (χ1v) is 9.79. The minimum Gasteiger partial charge on any atom is -0.341 e. The molecule has 2 N–H and O–H groups in total. The van der Waals surface area contributed by atoms with Crippen LogP contribution < -0.4 is 10.6 Å². The molecule has 0 bridgehead atoms. The summed E-state index contributed by atoms with van der Waals surface area (Å²) in [5.41, 5.74) is 0.711. The molecule has 1 saturated heterocycles. The third-order valence-corrected chi connectivity index (χ3v) is 5.71. The lowest BCUT2D eigenvalue weighted by Crippen LogP contribution is -2.54. The summed E-state index contributed by atoms with van der Waals surface area (Å²) in [6.07, 6.45) is 5.56. The van der Waals surface area contributed by atoms with Crippen molar-refractivity contribution in [2.24, 2.45) is 5.41 Å². The lowest BCUT2D eigenvalue weighted by molar-refractivity contribution is -0.125. The Bertz CT molecular complexity index is 767. The quantitative estimate of drug-likeness (QED) is 0.680. The van der Waals surface area contributed by atoms with Gasteiger partial charge in [-0.15, -0.1) is 0 Å². The molecule has 1 spiro atoms. The van der Waals surface area contributed by atoms with E-state index in [0.29, 0.717) is 24.1 Å². The Balaban J connectivity index is 1.62. The van der Waals surface area contributed by atoms with Crippen molar-refractivity contribution < 1.29 is 18.4 Å². The van der Waals surface area contributed by atoms with Gasteiger partial charge in [0.05, 0.1) is 6.07 Å². The number of amides is 3. The van der Waals surface area contributed by atoms with Gasteiger partial charge in [0.15, 0.2) is 0 Å². The highest BCUT2D eigenvalue weighted by molar-refractivity contribution is 5.87. The molecule has 29 heavy (non-hydrogen) atoms. The molecule has 1 aliphatic carbocycles. The minimum absolute atomic E-state index is 0.314. The van der Waals surface area contributed by atoms with E-state index in [1.54, 1.807) is 17.0 Å². The fraction of sp³-hybridized carbons (Fsp3) is 0.600. The van der Waals surface area contributed by atoms with E-state index < -0.39 is 36.7 Å². The van der Waals surface area contributed by atoms with Crippen molar-refractivity contribution in [2.45, 2.75) is 50.5 Å². The molecule has 2 aliphatic rings. The number of nitriles is 1. The van der Waals surface area contributed by atoms with Crippen LogP contribution in [0.1, 0.15) is 37.7 Å². The second-order valence-corrected chi connectivity index (χ2v) is 7.96. The lowest BCUT2D eigenvalue weighted by atomic mass is 9.94. The summed E-state index contributed by atoms with van der Waals surface area (Å²) in [5.74, 6) is -4.02. The van der Waals surface area contributed by atoms with Crippen LogP contribution in [0.2, 0.25) is 0 Å². The molecule has 1 aromatic rings. The maximum absolute atomic E-state index is 14.6. The van der Waals surface area contributed by atoms with Gasteiger partial charge in [0, 0.05) is 38.3 Å². The first-order chi connectivity index (χ1) is 13.8. The van der Waals surface area contributed by atoms with Gasteiger partial charge in [-0.25, -0.2) is 13.6 Å². The van der Waals surface area contributed by atoms with Gasteiger partial charge < -0.3 is 15.5 Å². The van der Waals surface area contributed by atoms with Crippen molar-refractivity contribution in [3.05, 3.63) is 30.1 Å².